The van der Waals surface area contributed by atoms with Crippen molar-refractivity contribution >= 4 is 11.3 Å². The summed E-state index contributed by atoms with van der Waals surface area (Å²) in [6.07, 6.45) is 4.01. The van der Waals surface area contributed by atoms with Crippen LogP contribution in [0.1, 0.15) is 49.9 Å². The Morgan fingerprint density at radius 1 is 1.69 bits per heavy atom. The van der Waals surface area contributed by atoms with Crippen molar-refractivity contribution < 1.29 is 0 Å². The fourth-order valence-corrected chi connectivity index (χ4v) is 2.81. The molecule has 1 heterocycles. The van der Waals surface area contributed by atoms with Gasteiger partial charge in [-0.15, -0.1) is 11.3 Å². The predicted molar refractivity (Wildman–Crippen MR) is 68.4 cm³/mol. The van der Waals surface area contributed by atoms with Crippen LogP contribution in [0, 0.1) is 5.92 Å². The Bertz CT molecular complexity index is 335. The van der Waals surface area contributed by atoms with Gasteiger partial charge in [-0.1, -0.05) is 13.3 Å². The Kier molecular flexibility index (Phi) is 3.95. The molecule has 2 rings (SSSR count). The van der Waals surface area contributed by atoms with Crippen LogP contribution in [-0.4, -0.2) is 11.0 Å². The van der Waals surface area contributed by atoms with E-state index in [4.69, 9.17) is 5.73 Å². The second kappa shape index (κ2) is 5.25. The molecule has 0 aliphatic heterocycles. The molecule has 3 nitrogen and oxygen atoms in total. The highest BCUT2D eigenvalue weighted by Crippen LogP contribution is 2.34. The summed E-state index contributed by atoms with van der Waals surface area (Å²) in [5, 5.41) is 6.72. The lowest BCUT2D eigenvalue weighted by Gasteiger charge is -2.01. The molecule has 0 aromatic carbocycles. The Balaban J connectivity index is 1.74. The van der Waals surface area contributed by atoms with Crippen molar-refractivity contribution in [1.82, 2.24) is 10.3 Å². The highest BCUT2D eigenvalue weighted by atomic mass is 32.1. The van der Waals surface area contributed by atoms with E-state index >= 15 is 0 Å². The van der Waals surface area contributed by atoms with Gasteiger partial charge >= 0.3 is 0 Å². The van der Waals surface area contributed by atoms with E-state index in [9.17, 15) is 0 Å². The first-order valence-corrected chi connectivity index (χ1v) is 7.02. The molecule has 3 unspecified atom stereocenters. The molecular formula is C12H21N3S. The summed E-state index contributed by atoms with van der Waals surface area (Å²) in [7, 11) is 0. The van der Waals surface area contributed by atoms with Gasteiger partial charge in [0.05, 0.1) is 11.7 Å². The first-order valence-electron chi connectivity index (χ1n) is 6.14. The van der Waals surface area contributed by atoms with E-state index in [1.165, 1.54) is 19.3 Å². The molecule has 4 heteroatoms. The molecule has 1 saturated carbocycles. The lowest BCUT2D eigenvalue weighted by Crippen LogP contribution is -2.18. The van der Waals surface area contributed by atoms with Crippen LogP contribution in [0.25, 0.3) is 0 Å². The van der Waals surface area contributed by atoms with Crippen molar-refractivity contribution in [3.63, 3.8) is 0 Å². The zero-order chi connectivity index (χ0) is 11.5. The standard InChI is InChI=1S/C12H21N3S/c1-3-4-9-5-11(9)14-6-10-7-16-12(15-10)8(2)13/h7-9,11,14H,3-6,13H2,1-2H3. The molecule has 1 aromatic heterocycles. The van der Waals surface area contributed by atoms with Crippen LogP contribution in [0.15, 0.2) is 5.38 Å². The number of nitrogens with two attached hydrogens (primary N) is 1. The lowest BCUT2D eigenvalue weighted by atomic mass is 10.2. The second-order valence-corrected chi connectivity index (χ2v) is 5.63. The molecule has 0 saturated heterocycles. The van der Waals surface area contributed by atoms with Gasteiger partial charge in [0.1, 0.15) is 5.01 Å². The highest BCUT2D eigenvalue weighted by molar-refractivity contribution is 7.09. The van der Waals surface area contributed by atoms with Gasteiger partial charge in [0, 0.05) is 18.0 Å². The summed E-state index contributed by atoms with van der Waals surface area (Å²) in [6.45, 7) is 5.13. The second-order valence-electron chi connectivity index (χ2n) is 4.74. The molecule has 90 valence electrons. The van der Waals surface area contributed by atoms with Gasteiger partial charge < -0.3 is 11.1 Å². The zero-order valence-corrected chi connectivity index (χ0v) is 10.9. The molecule has 1 fully saturated rings. The van der Waals surface area contributed by atoms with E-state index in [1.54, 1.807) is 11.3 Å². The van der Waals surface area contributed by atoms with Crippen LogP contribution >= 0.6 is 11.3 Å². The molecule has 1 aliphatic carbocycles. The Hall–Kier alpha value is -0.450. The maximum absolute atomic E-state index is 5.78. The van der Waals surface area contributed by atoms with Crippen molar-refractivity contribution in [2.24, 2.45) is 11.7 Å². The van der Waals surface area contributed by atoms with Gasteiger partial charge in [0.15, 0.2) is 0 Å². The van der Waals surface area contributed by atoms with E-state index < -0.39 is 0 Å². The number of aromatic nitrogens is 1. The molecule has 0 spiro atoms. The van der Waals surface area contributed by atoms with Crippen molar-refractivity contribution in [1.29, 1.82) is 0 Å². The van der Waals surface area contributed by atoms with E-state index in [1.807, 2.05) is 6.92 Å². The number of nitrogens with zero attached hydrogens (tertiary/aromatic N) is 1. The molecular weight excluding hydrogens is 218 g/mol. The number of rotatable bonds is 6. The topological polar surface area (TPSA) is 50.9 Å². The lowest BCUT2D eigenvalue weighted by molar-refractivity contribution is 0.594. The number of nitrogens with one attached hydrogen (secondary N) is 1. The Morgan fingerprint density at radius 3 is 3.12 bits per heavy atom. The third-order valence-corrected chi connectivity index (χ3v) is 4.18. The summed E-state index contributed by atoms with van der Waals surface area (Å²) in [6, 6.07) is 0.799. The van der Waals surface area contributed by atoms with Gasteiger partial charge in [0.25, 0.3) is 0 Å². The van der Waals surface area contributed by atoms with E-state index in [0.717, 1.165) is 29.2 Å². The average Bonchev–Trinajstić information content (AvgIpc) is 2.80. The SMILES string of the molecule is CCCC1CC1NCc1csc(C(C)N)n1. The third-order valence-electron chi connectivity index (χ3n) is 3.09. The van der Waals surface area contributed by atoms with Crippen molar-refractivity contribution in [3.8, 4) is 0 Å². The predicted octanol–water partition coefficient (Wildman–Crippen LogP) is 2.44. The summed E-state index contributed by atoms with van der Waals surface area (Å²) < 4.78 is 0. The summed E-state index contributed by atoms with van der Waals surface area (Å²) in [4.78, 5) is 4.51. The molecule has 3 N–H and O–H groups in total. The van der Waals surface area contributed by atoms with Gasteiger partial charge in [-0.2, -0.15) is 0 Å². The summed E-state index contributed by atoms with van der Waals surface area (Å²) in [5.74, 6) is 0.913. The van der Waals surface area contributed by atoms with Crippen LogP contribution in [0.3, 0.4) is 0 Å². The zero-order valence-electron chi connectivity index (χ0n) is 10.1. The highest BCUT2D eigenvalue weighted by Gasteiger charge is 2.35. The molecule has 1 aliphatic rings. The van der Waals surface area contributed by atoms with Crippen molar-refractivity contribution in [2.45, 2.75) is 51.7 Å². The van der Waals surface area contributed by atoms with E-state index in [0.29, 0.717) is 0 Å². The largest absolute Gasteiger partial charge is 0.322 e. The number of thiazole rings is 1. The molecule has 1 aromatic rings. The monoisotopic (exact) mass is 239 g/mol. The number of hydrogen-bond acceptors (Lipinski definition) is 4. The van der Waals surface area contributed by atoms with Crippen LogP contribution in [0.4, 0.5) is 0 Å². The van der Waals surface area contributed by atoms with Gasteiger partial charge in [0.2, 0.25) is 0 Å². The van der Waals surface area contributed by atoms with Crippen LogP contribution in [0.5, 0.6) is 0 Å². The van der Waals surface area contributed by atoms with Crippen LogP contribution in [-0.2, 0) is 6.54 Å². The molecule has 0 bridgehead atoms. The molecule has 16 heavy (non-hydrogen) atoms. The Labute approximate surface area is 101 Å². The molecule has 3 atom stereocenters. The average molecular weight is 239 g/mol. The minimum atomic E-state index is 0.0625. The first kappa shape index (κ1) is 12.0. The normalized spacial score (nSPS) is 25.7. The van der Waals surface area contributed by atoms with Gasteiger partial charge in [-0.3, -0.25) is 0 Å². The van der Waals surface area contributed by atoms with Crippen LogP contribution in [0.2, 0.25) is 0 Å². The fourth-order valence-electron chi connectivity index (χ4n) is 2.04. The molecule has 0 amide bonds. The van der Waals surface area contributed by atoms with Crippen LogP contribution < -0.4 is 11.1 Å². The summed E-state index contributed by atoms with van der Waals surface area (Å²) in [5.41, 5.74) is 6.92. The van der Waals surface area contributed by atoms with Gasteiger partial charge in [-0.05, 0) is 25.7 Å². The fraction of sp³-hybridized carbons (Fsp3) is 0.750. The van der Waals surface area contributed by atoms with Crippen molar-refractivity contribution in [3.05, 3.63) is 16.1 Å². The molecule has 0 radical (unpaired) electrons. The Morgan fingerprint density at radius 2 is 2.50 bits per heavy atom. The van der Waals surface area contributed by atoms with E-state index in [-0.39, 0.29) is 6.04 Å². The minimum Gasteiger partial charge on any atom is -0.322 e. The van der Waals surface area contributed by atoms with E-state index in [2.05, 4.69) is 22.6 Å². The quantitative estimate of drug-likeness (QED) is 0.801. The first-order chi connectivity index (χ1) is 7.70. The third kappa shape index (κ3) is 3.03. The summed E-state index contributed by atoms with van der Waals surface area (Å²) >= 11 is 1.66. The smallest absolute Gasteiger partial charge is 0.109 e. The van der Waals surface area contributed by atoms with Gasteiger partial charge in [-0.25, -0.2) is 4.98 Å². The maximum atomic E-state index is 5.78. The van der Waals surface area contributed by atoms with Crippen molar-refractivity contribution in [2.75, 3.05) is 0 Å². The number of hydrogen-bond donors (Lipinski definition) is 2. The maximum Gasteiger partial charge on any atom is 0.109 e. The minimum absolute atomic E-state index is 0.0625.